The largest absolute Gasteiger partial charge is 0.467 e. The maximum Gasteiger partial charge on any atom is 0.416 e. The molecular formula is C15H10F4N4O3. The van der Waals surface area contributed by atoms with Crippen LogP contribution in [0.25, 0.3) is 21.7 Å². The van der Waals surface area contributed by atoms with E-state index in [0.29, 0.717) is 6.07 Å². The lowest BCUT2D eigenvalue weighted by atomic mass is 10.1. The van der Waals surface area contributed by atoms with Crippen LogP contribution in [0.3, 0.4) is 0 Å². The van der Waals surface area contributed by atoms with Gasteiger partial charge in [-0.05, 0) is 34.9 Å². The van der Waals surface area contributed by atoms with E-state index in [1.54, 1.807) is 0 Å². The SMILES string of the molecule is COCOc1cc(C(F)(F)F)ccc1-c1nc(N=[N+]=[N-])c(C=O)cc1F. The van der Waals surface area contributed by atoms with Crippen LogP contribution in [-0.2, 0) is 10.9 Å². The molecule has 0 radical (unpaired) electrons. The van der Waals surface area contributed by atoms with E-state index in [4.69, 9.17) is 10.3 Å². The summed E-state index contributed by atoms with van der Waals surface area (Å²) in [4.78, 5) is 17.1. The highest BCUT2D eigenvalue weighted by Crippen LogP contribution is 2.38. The number of hydrogen-bond donors (Lipinski definition) is 0. The molecule has 0 saturated heterocycles. The lowest BCUT2D eigenvalue weighted by molar-refractivity contribution is -0.137. The van der Waals surface area contributed by atoms with Gasteiger partial charge in [-0.1, -0.05) is 0 Å². The standard InChI is InChI=1S/C15H10F4N4O3/c1-25-7-26-12-5-9(15(17,18)19)2-3-10(12)13-11(16)4-8(6-24)14(21-13)22-23-20/h2-6H,7H2,1H3. The summed E-state index contributed by atoms with van der Waals surface area (Å²) in [5.74, 6) is -1.78. The van der Waals surface area contributed by atoms with Crippen molar-refractivity contribution in [3.05, 3.63) is 51.7 Å². The number of nitrogens with zero attached hydrogens (tertiary/aromatic N) is 4. The number of methoxy groups -OCH3 is 1. The summed E-state index contributed by atoms with van der Waals surface area (Å²) >= 11 is 0. The molecule has 1 aromatic carbocycles. The first-order valence-corrected chi connectivity index (χ1v) is 6.86. The molecule has 0 atom stereocenters. The van der Waals surface area contributed by atoms with E-state index in [1.165, 1.54) is 7.11 Å². The number of hydrogen-bond acceptors (Lipinski definition) is 5. The quantitative estimate of drug-likeness (QED) is 0.185. The summed E-state index contributed by atoms with van der Waals surface area (Å²) in [6.45, 7) is -0.397. The van der Waals surface area contributed by atoms with E-state index in [-0.39, 0.29) is 23.2 Å². The molecule has 0 aliphatic carbocycles. The average Bonchev–Trinajstić information content (AvgIpc) is 2.60. The number of ether oxygens (including phenoxy) is 2. The molecule has 1 aromatic heterocycles. The zero-order valence-corrected chi connectivity index (χ0v) is 13.1. The number of benzene rings is 1. The third-order valence-corrected chi connectivity index (χ3v) is 3.15. The van der Waals surface area contributed by atoms with E-state index < -0.39 is 35.9 Å². The molecule has 26 heavy (non-hydrogen) atoms. The van der Waals surface area contributed by atoms with E-state index in [0.717, 1.165) is 18.2 Å². The minimum absolute atomic E-state index is 0.139. The number of aromatic nitrogens is 1. The maximum absolute atomic E-state index is 14.3. The van der Waals surface area contributed by atoms with Gasteiger partial charge in [0.05, 0.1) is 5.56 Å². The summed E-state index contributed by atoms with van der Waals surface area (Å²) in [5.41, 5.74) is 6.59. The summed E-state index contributed by atoms with van der Waals surface area (Å²) in [5, 5.41) is 3.18. The summed E-state index contributed by atoms with van der Waals surface area (Å²) < 4.78 is 62.7. The van der Waals surface area contributed by atoms with Crippen LogP contribution in [0.1, 0.15) is 15.9 Å². The second-order valence-electron chi connectivity index (χ2n) is 4.80. The van der Waals surface area contributed by atoms with Crippen LogP contribution >= 0.6 is 0 Å². The van der Waals surface area contributed by atoms with Crippen molar-refractivity contribution in [2.75, 3.05) is 13.9 Å². The first kappa shape index (κ1) is 19.2. The number of aldehydes is 1. The number of carbonyl (C=O) groups is 1. The molecule has 136 valence electrons. The molecular weight excluding hydrogens is 360 g/mol. The Morgan fingerprint density at radius 3 is 2.65 bits per heavy atom. The van der Waals surface area contributed by atoms with E-state index in [1.807, 2.05) is 0 Å². The van der Waals surface area contributed by atoms with Crippen molar-refractivity contribution in [2.24, 2.45) is 5.11 Å². The highest BCUT2D eigenvalue weighted by atomic mass is 19.4. The Morgan fingerprint density at radius 1 is 1.35 bits per heavy atom. The second-order valence-corrected chi connectivity index (χ2v) is 4.80. The van der Waals surface area contributed by atoms with Crippen LogP contribution in [-0.4, -0.2) is 25.2 Å². The van der Waals surface area contributed by atoms with Crippen molar-refractivity contribution in [1.82, 2.24) is 4.98 Å². The molecule has 0 amide bonds. The maximum atomic E-state index is 14.3. The van der Waals surface area contributed by atoms with E-state index >= 15 is 0 Å². The zero-order chi connectivity index (χ0) is 19.3. The Balaban J connectivity index is 2.68. The average molecular weight is 370 g/mol. The fourth-order valence-corrected chi connectivity index (χ4v) is 2.03. The van der Waals surface area contributed by atoms with Crippen molar-refractivity contribution < 1.29 is 31.8 Å². The van der Waals surface area contributed by atoms with Crippen molar-refractivity contribution in [3.63, 3.8) is 0 Å². The highest BCUT2D eigenvalue weighted by Gasteiger charge is 2.32. The molecule has 0 bridgehead atoms. The molecule has 2 rings (SSSR count). The molecule has 11 heteroatoms. The smallest absolute Gasteiger partial charge is 0.416 e. The molecule has 1 heterocycles. The Kier molecular flexibility index (Phi) is 5.75. The lowest BCUT2D eigenvalue weighted by Gasteiger charge is -2.15. The predicted molar refractivity (Wildman–Crippen MR) is 81.3 cm³/mol. The van der Waals surface area contributed by atoms with Gasteiger partial charge < -0.3 is 9.47 Å². The van der Waals surface area contributed by atoms with Crippen molar-refractivity contribution in [2.45, 2.75) is 6.18 Å². The summed E-state index contributed by atoms with van der Waals surface area (Å²) in [6.07, 6.45) is -4.41. The Labute approximate surface area is 143 Å². The lowest BCUT2D eigenvalue weighted by Crippen LogP contribution is -2.08. The normalized spacial score (nSPS) is 11.0. The van der Waals surface area contributed by atoms with Gasteiger partial charge in [0.1, 0.15) is 23.1 Å². The third-order valence-electron chi connectivity index (χ3n) is 3.15. The van der Waals surface area contributed by atoms with Gasteiger partial charge in [0.25, 0.3) is 0 Å². The monoisotopic (exact) mass is 370 g/mol. The molecule has 0 spiro atoms. The van der Waals surface area contributed by atoms with Crippen molar-refractivity contribution in [3.8, 4) is 17.0 Å². The van der Waals surface area contributed by atoms with Gasteiger partial charge in [0, 0.05) is 23.1 Å². The Bertz CT molecular complexity index is 880. The third kappa shape index (κ3) is 4.08. The number of pyridine rings is 1. The first-order chi connectivity index (χ1) is 12.3. The van der Waals surface area contributed by atoms with Crippen LogP contribution in [0.2, 0.25) is 0 Å². The number of rotatable bonds is 6. The van der Waals surface area contributed by atoms with Gasteiger partial charge in [-0.3, -0.25) is 4.79 Å². The van der Waals surface area contributed by atoms with Gasteiger partial charge in [-0.2, -0.15) is 13.2 Å². The topological polar surface area (TPSA) is 97.2 Å². The van der Waals surface area contributed by atoms with Gasteiger partial charge in [0.2, 0.25) is 0 Å². The van der Waals surface area contributed by atoms with Crippen molar-refractivity contribution >= 4 is 12.1 Å². The van der Waals surface area contributed by atoms with Crippen LogP contribution in [0, 0.1) is 5.82 Å². The Morgan fingerprint density at radius 2 is 2.08 bits per heavy atom. The molecule has 0 aliphatic rings. The predicted octanol–water partition coefficient (Wildman–Crippen LogP) is 4.64. The fourth-order valence-electron chi connectivity index (χ4n) is 2.03. The van der Waals surface area contributed by atoms with Crippen LogP contribution in [0.4, 0.5) is 23.4 Å². The number of carbonyl (C=O) groups excluding carboxylic acids is 1. The molecule has 0 saturated carbocycles. The molecule has 0 aliphatic heterocycles. The molecule has 0 fully saturated rings. The molecule has 0 N–H and O–H groups in total. The minimum Gasteiger partial charge on any atom is -0.467 e. The van der Waals surface area contributed by atoms with Crippen LogP contribution < -0.4 is 4.74 Å². The molecule has 0 unspecified atom stereocenters. The van der Waals surface area contributed by atoms with Gasteiger partial charge in [-0.15, -0.1) is 0 Å². The highest BCUT2D eigenvalue weighted by molar-refractivity contribution is 5.83. The van der Waals surface area contributed by atoms with Gasteiger partial charge in [-0.25, -0.2) is 9.37 Å². The zero-order valence-electron chi connectivity index (χ0n) is 13.1. The summed E-state index contributed by atoms with van der Waals surface area (Å²) in [7, 11) is 1.25. The minimum atomic E-state index is -4.65. The second kappa shape index (κ2) is 7.81. The fraction of sp³-hybridized carbons (Fsp3) is 0.200. The van der Waals surface area contributed by atoms with Gasteiger partial charge >= 0.3 is 6.18 Å². The number of alkyl halides is 3. The van der Waals surface area contributed by atoms with Crippen LogP contribution in [0.15, 0.2) is 29.4 Å². The first-order valence-electron chi connectivity index (χ1n) is 6.86. The molecule has 7 nitrogen and oxygen atoms in total. The molecule has 2 aromatic rings. The van der Waals surface area contributed by atoms with Gasteiger partial charge in [0.15, 0.2) is 13.1 Å². The number of halogens is 4. The van der Waals surface area contributed by atoms with Crippen LogP contribution in [0.5, 0.6) is 5.75 Å². The van der Waals surface area contributed by atoms with Crippen molar-refractivity contribution in [1.29, 1.82) is 0 Å². The summed E-state index contributed by atoms with van der Waals surface area (Å²) in [6, 6.07) is 3.10. The number of azide groups is 1. The van der Waals surface area contributed by atoms with E-state index in [2.05, 4.69) is 19.7 Å². The Hall–Kier alpha value is -3.17. The van der Waals surface area contributed by atoms with E-state index in [9.17, 15) is 22.4 Å².